The molecule has 0 amide bonds. The van der Waals surface area contributed by atoms with Crippen molar-refractivity contribution in [2.75, 3.05) is 27.4 Å². The fourth-order valence-electron chi connectivity index (χ4n) is 1.90. The van der Waals surface area contributed by atoms with Crippen LogP contribution in [0.4, 0.5) is 8.78 Å². The molecule has 0 saturated heterocycles. The summed E-state index contributed by atoms with van der Waals surface area (Å²) >= 11 is 0. The first-order valence-electron chi connectivity index (χ1n) is 6.56. The lowest BCUT2D eigenvalue weighted by Crippen LogP contribution is -2.07. The summed E-state index contributed by atoms with van der Waals surface area (Å²) in [5.74, 6) is -2.51. The SMILES string of the molecule is COCCCOc1cc(C(=O)OC)nc2cc(F)c(F)cc12. The van der Waals surface area contributed by atoms with E-state index in [1.54, 1.807) is 7.11 Å². The van der Waals surface area contributed by atoms with Gasteiger partial charge in [-0.15, -0.1) is 0 Å². The zero-order valence-corrected chi connectivity index (χ0v) is 12.2. The second-order valence-corrected chi connectivity index (χ2v) is 4.48. The molecule has 2 aromatic rings. The van der Waals surface area contributed by atoms with Gasteiger partial charge in [-0.25, -0.2) is 18.6 Å². The van der Waals surface area contributed by atoms with E-state index in [0.29, 0.717) is 19.6 Å². The maximum Gasteiger partial charge on any atom is 0.356 e. The predicted octanol–water partition coefficient (Wildman–Crippen LogP) is 2.71. The number of hydrogen-bond acceptors (Lipinski definition) is 5. The van der Waals surface area contributed by atoms with E-state index in [0.717, 1.165) is 12.1 Å². The number of carbonyl (C=O) groups excluding carboxylic acids is 1. The molecule has 1 aromatic heterocycles. The Morgan fingerprint density at radius 2 is 1.86 bits per heavy atom. The molecular formula is C15H15F2NO4. The number of halogens is 2. The van der Waals surface area contributed by atoms with E-state index in [9.17, 15) is 13.6 Å². The van der Waals surface area contributed by atoms with Crippen molar-refractivity contribution < 1.29 is 27.8 Å². The van der Waals surface area contributed by atoms with Gasteiger partial charge in [-0.2, -0.15) is 0 Å². The number of aromatic nitrogens is 1. The Morgan fingerprint density at radius 1 is 1.14 bits per heavy atom. The highest BCUT2D eigenvalue weighted by Gasteiger charge is 2.16. The molecule has 0 unspecified atom stereocenters. The van der Waals surface area contributed by atoms with E-state index >= 15 is 0 Å². The van der Waals surface area contributed by atoms with Crippen molar-refractivity contribution in [1.29, 1.82) is 0 Å². The molecule has 0 saturated carbocycles. The largest absolute Gasteiger partial charge is 0.493 e. The Kier molecular flexibility index (Phi) is 5.21. The summed E-state index contributed by atoms with van der Waals surface area (Å²) in [4.78, 5) is 15.6. The molecule has 0 atom stereocenters. The third-order valence-electron chi connectivity index (χ3n) is 2.96. The minimum absolute atomic E-state index is 0.0391. The number of hydrogen-bond donors (Lipinski definition) is 0. The van der Waals surface area contributed by atoms with Crippen molar-refractivity contribution in [1.82, 2.24) is 4.98 Å². The Morgan fingerprint density at radius 3 is 2.55 bits per heavy atom. The topological polar surface area (TPSA) is 57.7 Å². The molecule has 22 heavy (non-hydrogen) atoms. The highest BCUT2D eigenvalue weighted by atomic mass is 19.2. The molecule has 118 valence electrons. The number of carbonyl (C=O) groups is 1. The first kappa shape index (κ1) is 16.1. The lowest BCUT2D eigenvalue weighted by Gasteiger charge is -2.11. The molecule has 5 nitrogen and oxygen atoms in total. The normalized spacial score (nSPS) is 10.7. The number of ether oxygens (including phenoxy) is 3. The van der Waals surface area contributed by atoms with Crippen LogP contribution in [-0.4, -0.2) is 38.4 Å². The minimum Gasteiger partial charge on any atom is -0.493 e. The number of nitrogens with zero attached hydrogens (tertiary/aromatic N) is 1. The molecule has 1 aromatic carbocycles. The average molecular weight is 311 g/mol. The second kappa shape index (κ2) is 7.13. The van der Waals surface area contributed by atoms with Crippen LogP contribution in [0.2, 0.25) is 0 Å². The Hall–Kier alpha value is -2.28. The summed E-state index contributed by atoms with van der Waals surface area (Å²) in [5.41, 5.74) is 0.0753. The number of esters is 1. The molecule has 0 spiro atoms. The molecule has 7 heteroatoms. The van der Waals surface area contributed by atoms with E-state index in [1.807, 2.05) is 0 Å². The van der Waals surface area contributed by atoms with Gasteiger partial charge in [-0.3, -0.25) is 0 Å². The fraction of sp³-hybridized carbons (Fsp3) is 0.333. The van der Waals surface area contributed by atoms with Crippen LogP contribution in [0.25, 0.3) is 10.9 Å². The molecule has 0 fully saturated rings. The maximum absolute atomic E-state index is 13.4. The number of benzene rings is 1. The molecule has 0 aliphatic carbocycles. The molecule has 0 radical (unpaired) electrons. The third-order valence-corrected chi connectivity index (χ3v) is 2.96. The monoisotopic (exact) mass is 311 g/mol. The van der Waals surface area contributed by atoms with Crippen molar-refractivity contribution in [2.45, 2.75) is 6.42 Å². The van der Waals surface area contributed by atoms with Crippen molar-refractivity contribution in [3.05, 3.63) is 35.5 Å². The van der Waals surface area contributed by atoms with Crippen LogP contribution < -0.4 is 4.74 Å². The Balaban J connectivity index is 2.44. The van der Waals surface area contributed by atoms with Gasteiger partial charge in [0, 0.05) is 37.7 Å². The second-order valence-electron chi connectivity index (χ2n) is 4.48. The third kappa shape index (κ3) is 3.48. The lowest BCUT2D eigenvalue weighted by molar-refractivity contribution is 0.0594. The molecule has 1 heterocycles. The number of rotatable bonds is 6. The van der Waals surface area contributed by atoms with Crippen LogP contribution in [0.3, 0.4) is 0 Å². The summed E-state index contributed by atoms with van der Waals surface area (Å²) in [5, 5.41) is 0.281. The van der Waals surface area contributed by atoms with Crippen LogP contribution in [0.15, 0.2) is 18.2 Å². The van der Waals surface area contributed by atoms with Crippen LogP contribution in [0.1, 0.15) is 16.9 Å². The number of pyridine rings is 1. The highest BCUT2D eigenvalue weighted by Crippen LogP contribution is 2.28. The quantitative estimate of drug-likeness (QED) is 0.606. The Labute approximate surface area is 125 Å². The Bertz CT molecular complexity index is 691. The van der Waals surface area contributed by atoms with E-state index in [4.69, 9.17) is 9.47 Å². The van der Waals surface area contributed by atoms with Gasteiger partial charge in [0.1, 0.15) is 5.75 Å². The standard InChI is InChI=1S/C15H15F2NO4/c1-20-4-3-5-22-14-8-13(15(19)21-2)18-12-7-11(17)10(16)6-9(12)14/h6-8H,3-5H2,1-2H3. The van der Waals surface area contributed by atoms with Crippen molar-refractivity contribution in [3.8, 4) is 5.75 Å². The minimum atomic E-state index is -1.05. The smallest absolute Gasteiger partial charge is 0.356 e. The van der Waals surface area contributed by atoms with E-state index in [-0.39, 0.29) is 22.3 Å². The van der Waals surface area contributed by atoms with Crippen LogP contribution in [0, 0.1) is 11.6 Å². The summed E-state index contributed by atoms with van der Waals surface area (Å²) in [6.07, 6.45) is 0.609. The van der Waals surface area contributed by atoms with Crippen LogP contribution in [0.5, 0.6) is 5.75 Å². The molecule has 0 aliphatic rings. The average Bonchev–Trinajstić information content (AvgIpc) is 2.52. The van der Waals surface area contributed by atoms with Crippen molar-refractivity contribution >= 4 is 16.9 Å². The molecule has 0 aliphatic heterocycles. The molecule has 0 N–H and O–H groups in total. The lowest BCUT2D eigenvalue weighted by atomic mass is 10.1. The maximum atomic E-state index is 13.4. The fourth-order valence-corrected chi connectivity index (χ4v) is 1.90. The van der Waals surface area contributed by atoms with Gasteiger partial charge in [-0.1, -0.05) is 0 Å². The zero-order chi connectivity index (χ0) is 16.1. The van der Waals surface area contributed by atoms with Gasteiger partial charge in [0.15, 0.2) is 17.3 Å². The number of methoxy groups -OCH3 is 2. The molecular weight excluding hydrogens is 296 g/mol. The molecule has 2 rings (SSSR count). The van der Waals surface area contributed by atoms with Gasteiger partial charge in [-0.05, 0) is 6.07 Å². The summed E-state index contributed by atoms with van der Waals surface area (Å²) in [6.45, 7) is 0.794. The molecule has 0 bridgehead atoms. The van der Waals surface area contributed by atoms with Crippen LogP contribution in [-0.2, 0) is 9.47 Å². The predicted molar refractivity (Wildman–Crippen MR) is 75.0 cm³/mol. The van der Waals surface area contributed by atoms with Gasteiger partial charge in [0.2, 0.25) is 0 Å². The first-order chi connectivity index (χ1) is 10.6. The highest BCUT2D eigenvalue weighted by molar-refractivity contribution is 5.94. The van der Waals surface area contributed by atoms with Gasteiger partial charge in [0.25, 0.3) is 0 Å². The van der Waals surface area contributed by atoms with Gasteiger partial charge < -0.3 is 14.2 Å². The van der Waals surface area contributed by atoms with Crippen molar-refractivity contribution in [2.24, 2.45) is 0 Å². The van der Waals surface area contributed by atoms with Crippen LogP contribution >= 0.6 is 0 Å². The summed E-state index contributed by atoms with van der Waals surface area (Å²) < 4.78 is 41.8. The first-order valence-corrected chi connectivity index (χ1v) is 6.56. The van der Waals surface area contributed by atoms with Crippen molar-refractivity contribution in [3.63, 3.8) is 0 Å². The van der Waals surface area contributed by atoms with E-state index < -0.39 is 17.6 Å². The van der Waals surface area contributed by atoms with Gasteiger partial charge in [0.05, 0.1) is 19.2 Å². The zero-order valence-electron chi connectivity index (χ0n) is 12.2. The van der Waals surface area contributed by atoms with E-state index in [1.165, 1.54) is 13.2 Å². The number of fused-ring (bicyclic) bond motifs is 1. The van der Waals surface area contributed by atoms with E-state index in [2.05, 4.69) is 9.72 Å². The summed E-state index contributed by atoms with van der Waals surface area (Å²) in [6, 6.07) is 3.25. The summed E-state index contributed by atoms with van der Waals surface area (Å²) in [7, 11) is 2.77. The van der Waals surface area contributed by atoms with Gasteiger partial charge >= 0.3 is 5.97 Å².